The first kappa shape index (κ1) is 12.2. The highest BCUT2D eigenvalue weighted by Crippen LogP contribution is 2.37. The summed E-state index contributed by atoms with van der Waals surface area (Å²) in [6.07, 6.45) is 3.35. The van der Waals surface area contributed by atoms with Crippen LogP contribution in [0.15, 0.2) is 78.9 Å². The Morgan fingerprint density at radius 1 is 0.571 bits per heavy atom. The molecule has 0 atom stereocenters. The summed E-state index contributed by atoms with van der Waals surface area (Å²) in [5.74, 6) is 0. The van der Waals surface area contributed by atoms with Crippen molar-refractivity contribution in [1.82, 2.24) is 0 Å². The van der Waals surface area contributed by atoms with Crippen LogP contribution in [0.2, 0.25) is 0 Å². The molecular formula is C21H16. The quantitative estimate of drug-likeness (QED) is 0.579. The van der Waals surface area contributed by atoms with Gasteiger partial charge in [0.1, 0.15) is 0 Å². The molecule has 0 heteroatoms. The molecule has 100 valence electrons. The van der Waals surface area contributed by atoms with Gasteiger partial charge in [0.15, 0.2) is 0 Å². The molecule has 0 heterocycles. The second-order valence-corrected chi connectivity index (χ2v) is 5.45. The molecule has 0 bridgehead atoms. The van der Waals surface area contributed by atoms with E-state index in [1.807, 2.05) is 0 Å². The lowest BCUT2D eigenvalue weighted by Crippen LogP contribution is -1.90. The maximum Gasteiger partial charge on any atom is -0.000751 e. The average Bonchev–Trinajstić information content (AvgIpc) is 3.00. The van der Waals surface area contributed by atoms with E-state index >= 15 is 0 Å². The molecule has 0 N–H and O–H groups in total. The van der Waals surface area contributed by atoms with E-state index in [-0.39, 0.29) is 0 Å². The monoisotopic (exact) mass is 268 g/mol. The van der Waals surface area contributed by atoms with Crippen LogP contribution in [0.25, 0.3) is 22.8 Å². The van der Waals surface area contributed by atoms with Gasteiger partial charge in [-0.15, -0.1) is 0 Å². The number of hydrogen-bond donors (Lipinski definition) is 0. The highest BCUT2D eigenvalue weighted by atomic mass is 14.2. The first-order chi connectivity index (χ1) is 10.4. The SMILES string of the molecule is C1=C(c2ccccc2)Cc2c1cccc2-c1ccccc1. The van der Waals surface area contributed by atoms with Crippen molar-refractivity contribution in [2.24, 2.45) is 0 Å². The Hall–Kier alpha value is -2.60. The summed E-state index contributed by atoms with van der Waals surface area (Å²) in [5.41, 5.74) is 8.20. The Labute approximate surface area is 125 Å². The summed E-state index contributed by atoms with van der Waals surface area (Å²) in [6.45, 7) is 0. The predicted octanol–water partition coefficient (Wildman–Crippen LogP) is 5.45. The van der Waals surface area contributed by atoms with Crippen LogP contribution in [-0.4, -0.2) is 0 Å². The van der Waals surface area contributed by atoms with E-state index in [0.717, 1.165) is 6.42 Å². The van der Waals surface area contributed by atoms with Gasteiger partial charge in [0, 0.05) is 0 Å². The lowest BCUT2D eigenvalue weighted by atomic mass is 9.95. The van der Waals surface area contributed by atoms with Crippen molar-refractivity contribution in [1.29, 1.82) is 0 Å². The standard InChI is InChI=1S/C21H16/c1-3-8-16(9-4-1)19-14-18-12-7-13-20(21(18)15-19)17-10-5-2-6-11-17/h1-14H,15H2. The van der Waals surface area contributed by atoms with Gasteiger partial charge in [-0.05, 0) is 39.8 Å². The minimum Gasteiger partial charge on any atom is -0.0622 e. The second-order valence-electron chi connectivity index (χ2n) is 5.45. The molecule has 0 nitrogen and oxygen atoms in total. The Bertz CT molecular complexity index is 796. The summed E-state index contributed by atoms with van der Waals surface area (Å²) in [6, 6.07) is 28.0. The fraction of sp³-hybridized carbons (Fsp3) is 0.0476. The summed E-state index contributed by atoms with van der Waals surface area (Å²) in [5, 5.41) is 0. The first-order valence-corrected chi connectivity index (χ1v) is 7.35. The van der Waals surface area contributed by atoms with Crippen molar-refractivity contribution in [3.63, 3.8) is 0 Å². The summed E-state index contributed by atoms with van der Waals surface area (Å²) in [4.78, 5) is 0. The zero-order valence-corrected chi connectivity index (χ0v) is 11.8. The smallest absolute Gasteiger partial charge is 0.000751 e. The molecule has 1 aliphatic rings. The van der Waals surface area contributed by atoms with Gasteiger partial charge >= 0.3 is 0 Å². The van der Waals surface area contributed by atoms with Crippen LogP contribution in [0.3, 0.4) is 0 Å². The predicted molar refractivity (Wildman–Crippen MR) is 89.9 cm³/mol. The first-order valence-electron chi connectivity index (χ1n) is 7.35. The summed E-state index contributed by atoms with van der Waals surface area (Å²) >= 11 is 0. The van der Waals surface area contributed by atoms with E-state index in [2.05, 4.69) is 84.9 Å². The molecule has 0 saturated heterocycles. The van der Waals surface area contributed by atoms with Gasteiger partial charge < -0.3 is 0 Å². The molecule has 0 radical (unpaired) electrons. The minimum absolute atomic E-state index is 1.02. The van der Waals surface area contributed by atoms with Crippen molar-refractivity contribution in [2.75, 3.05) is 0 Å². The highest BCUT2D eigenvalue weighted by Gasteiger charge is 2.17. The molecule has 0 aromatic heterocycles. The third-order valence-corrected chi connectivity index (χ3v) is 4.14. The van der Waals surface area contributed by atoms with E-state index in [4.69, 9.17) is 0 Å². The van der Waals surface area contributed by atoms with E-state index in [1.165, 1.54) is 33.4 Å². The Kier molecular flexibility index (Phi) is 2.93. The molecule has 1 aliphatic carbocycles. The zero-order valence-electron chi connectivity index (χ0n) is 11.8. The maximum atomic E-state index is 2.33. The fourth-order valence-corrected chi connectivity index (χ4v) is 3.09. The number of hydrogen-bond acceptors (Lipinski definition) is 0. The third kappa shape index (κ3) is 2.19. The van der Waals surface area contributed by atoms with Crippen molar-refractivity contribution >= 4 is 11.6 Å². The van der Waals surface area contributed by atoms with Gasteiger partial charge in [-0.2, -0.15) is 0 Å². The number of fused-ring (bicyclic) bond motifs is 1. The zero-order chi connectivity index (χ0) is 14.1. The highest BCUT2D eigenvalue weighted by molar-refractivity contribution is 5.92. The van der Waals surface area contributed by atoms with Gasteiger partial charge in [-0.1, -0.05) is 84.9 Å². The molecule has 3 aromatic rings. The summed E-state index contributed by atoms with van der Waals surface area (Å²) < 4.78 is 0. The fourth-order valence-electron chi connectivity index (χ4n) is 3.09. The van der Waals surface area contributed by atoms with Gasteiger partial charge in [0.25, 0.3) is 0 Å². The third-order valence-electron chi connectivity index (χ3n) is 4.14. The van der Waals surface area contributed by atoms with E-state index < -0.39 is 0 Å². The van der Waals surface area contributed by atoms with Crippen molar-refractivity contribution in [3.8, 4) is 11.1 Å². The van der Waals surface area contributed by atoms with Gasteiger partial charge in [0.05, 0.1) is 0 Å². The molecular weight excluding hydrogens is 252 g/mol. The van der Waals surface area contributed by atoms with E-state index in [0.29, 0.717) is 0 Å². The van der Waals surface area contributed by atoms with Gasteiger partial charge in [-0.3, -0.25) is 0 Å². The molecule has 0 amide bonds. The second kappa shape index (κ2) is 5.06. The van der Waals surface area contributed by atoms with E-state index in [9.17, 15) is 0 Å². The molecule has 3 aromatic carbocycles. The van der Waals surface area contributed by atoms with Crippen LogP contribution < -0.4 is 0 Å². The Morgan fingerprint density at radius 3 is 1.95 bits per heavy atom. The summed E-state index contributed by atoms with van der Waals surface area (Å²) in [7, 11) is 0. The van der Waals surface area contributed by atoms with E-state index in [1.54, 1.807) is 0 Å². The lowest BCUT2D eigenvalue weighted by molar-refractivity contribution is 1.31. The Morgan fingerprint density at radius 2 is 1.24 bits per heavy atom. The molecule has 0 unspecified atom stereocenters. The van der Waals surface area contributed by atoms with Crippen LogP contribution in [0.1, 0.15) is 16.7 Å². The number of benzene rings is 3. The lowest BCUT2D eigenvalue weighted by Gasteiger charge is -2.09. The van der Waals surface area contributed by atoms with Gasteiger partial charge in [0.2, 0.25) is 0 Å². The molecule has 21 heavy (non-hydrogen) atoms. The van der Waals surface area contributed by atoms with Crippen LogP contribution in [0.4, 0.5) is 0 Å². The molecule has 0 aliphatic heterocycles. The average molecular weight is 268 g/mol. The van der Waals surface area contributed by atoms with Crippen molar-refractivity contribution < 1.29 is 0 Å². The number of rotatable bonds is 2. The van der Waals surface area contributed by atoms with Crippen LogP contribution in [-0.2, 0) is 6.42 Å². The largest absolute Gasteiger partial charge is 0.0622 e. The topological polar surface area (TPSA) is 0 Å². The minimum atomic E-state index is 1.02. The molecule has 0 fully saturated rings. The van der Waals surface area contributed by atoms with Crippen LogP contribution in [0, 0.1) is 0 Å². The molecule has 4 rings (SSSR count). The Balaban J connectivity index is 1.77. The van der Waals surface area contributed by atoms with Crippen molar-refractivity contribution in [3.05, 3.63) is 95.6 Å². The van der Waals surface area contributed by atoms with Crippen LogP contribution >= 0.6 is 0 Å². The maximum absolute atomic E-state index is 2.33. The number of allylic oxidation sites excluding steroid dienone is 1. The van der Waals surface area contributed by atoms with Crippen molar-refractivity contribution in [2.45, 2.75) is 6.42 Å². The molecule has 0 saturated carbocycles. The molecule has 0 spiro atoms. The van der Waals surface area contributed by atoms with Gasteiger partial charge in [-0.25, -0.2) is 0 Å². The van der Waals surface area contributed by atoms with Crippen LogP contribution in [0.5, 0.6) is 0 Å². The normalized spacial score (nSPS) is 12.9.